The third-order valence-corrected chi connectivity index (χ3v) is 3.16. The number of anilines is 1. The molecule has 4 nitrogen and oxygen atoms in total. The number of aliphatic hydroxyl groups is 1. The summed E-state index contributed by atoms with van der Waals surface area (Å²) in [6.45, 7) is 1.88. The topological polar surface area (TPSA) is 66.4 Å². The molecule has 0 aromatic heterocycles. The van der Waals surface area contributed by atoms with Crippen LogP contribution in [0.15, 0.2) is 60.4 Å². The van der Waals surface area contributed by atoms with E-state index in [1.165, 1.54) is 12.1 Å². The van der Waals surface area contributed by atoms with Crippen LogP contribution in [0.2, 0.25) is 5.02 Å². The van der Waals surface area contributed by atoms with E-state index in [1.54, 1.807) is 30.3 Å². The molecule has 112 valence electrons. The molecule has 2 rings (SSSR count). The van der Waals surface area contributed by atoms with Gasteiger partial charge in [0.25, 0.3) is 5.91 Å². The number of allylic oxidation sites excluding steroid dienone is 1. The Morgan fingerprint density at radius 2 is 1.82 bits per heavy atom. The lowest BCUT2D eigenvalue weighted by Crippen LogP contribution is -2.15. The Hall–Kier alpha value is -2.59. The van der Waals surface area contributed by atoms with E-state index in [9.17, 15) is 14.7 Å². The van der Waals surface area contributed by atoms with Gasteiger partial charge >= 0.3 is 0 Å². The standard InChI is InChI=1S/C17H14ClNO3/c1-11-3-2-4-14(9-11)19-17(22)16(21)10-15(20)12-5-7-13(18)8-6-12/h2-10,21H,1H3,(H,19,22)/b16-10-. The zero-order chi connectivity index (χ0) is 16.1. The molecule has 2 aromatic rings. The maximum absolute atomic E-state index is 11.9. The Bertz CT molecular complexity index is 736. The lowest BCUT2D eigenvalue weighted by atomic mass is 10.1. The highest BCUT2D eigenvalue weighted by Crippen LogP contribution is 2.12. The highest BCUT2D eigenvalue weighted by molar-refractivity contribution is 6.30. The van der Waals surface area contributed by atoms with Gasteiger partial charge in [0, 0.05) is 22.3 Å². The van der Waals surface area contributed by atoms with Crippen molar-refractivity contribution in [2.75, 3.05) is 5.32 Å². The molecule has 5 heteroatoms. The molecule has 0 spiro atoms. The molecule has 0 saturated carbocycles. The van der Waals surface area contributed by atoms with Crippen LogP contribution < -0.4 is 5.32 Å². The first-order valence-corrected chi connectivity index (χ1v) is 6.92. The minimum absolute atomic E-state index is 0.333. The van der Waals surface area contributed by atoms with Gasteiger partial charge in [-0.1, -0.05) is 23.7 Å². The van der Waals surface area contributed by atoms with E-state index in [4.69, 9.17) is 11.6 Å². The summed E-state index contributed by atoms with van der Waals surface area (Å²) in [5.41, 5.74) is 1.85. The highest BCUT2D eigenvalue weighted by Gasteiger charge is 2.11. The van der Waals surface area contributed by atoms with Crippen LogP contribution in [0, 0.1) is 6.92 Å². The molecule has 0 saturated heterocycles. The minimum atomic E-state index is -0.743. The number of halogens is 1. The maximum atomic E-state index is 11.9. The monoisotopic (exact) mass is 315 g/mol. The second-order valence-corrected chi connectivity index (χ2v) is 5.16. The first-order chi connectivity index (χ1) is 10.5. The Morgan fingerprint density at radius 1 is 1.14 bits per heavy atom. The molecule has 0 fully saturated rings. The lowest BCUT2D eigenvalue weighted by Gasteiger charge is -2.05. The number of carbonyl (C=O) groups excluding carboxylic acids is 2. The first kappa shape index (κ1) is 15.8. The Labute approximate surface area is 133 Å². The van der Waals surface area contributed by atoms with Crippen LogP contribution in [0.3, 0.4) is 0 Å². The number of nitrogens with one attached hydrogen (secondary N) is 1. The number of ketones is 1. The summed E-state index contributed by atoms with van der Waals surface area (Å²) in [7, 11) is 0. The van der Waals surface area contributed by atoms with Gasteiger partial charge < -0.3 is 10.4 Å². The van der Waals surface area contributed by atoms with Crippen LogP contribution in [0.5, 0.6) is 0 Å². The molecule has 2 aromatic carbocycles. The summed E-state index contributed by atoms with van der Waals surface area (Å²) >= 11 is 5.74. The van der Waals surface area contributed by atoms with Crippen molar-refractivity contribution < 1.29 is 14.7 Å². The lowest BCUT2D eigenvalue weighted by molar-refractivity contribution is -0.115. The molecule has 0 aliphatic carbocycles. The summed E-state index contributed by atoms with van der Waals surface area (Å²) in [5.74, 6) is -1.87. The summed E-state index contributed by atoms with van der Waals surface area (Å²) in [6, 6.07) is 13.3. The molecular weight excluding hydrogens is 302 g/mol. The van der Waals surface area contributed by atoms with E-state index in [0.29, 0.717) is 16.3 Å². The molecule has 2 N–H and O–H groups in total. The maximum Gasteiger partial charge on any atom is 0.290 e. The van der Waals surface area contributed by atoms with Crippen molar-refractivity contribution >= 4 is 29.0 Å². The van der Waals surface area contributed by atoms with E-state index in [-0.39, 0.29) is 0 Å². The molecule has 0 bridgehead atoms. The first-order valence-electron chi connectivity index (χ1n) is 6.54. The van der Waals surface area contributed by atoms with Crippen molar-refractivity contribution in [3.8, 4) is 0 Å². The Balaban J connectivity index is 2.09. The molecule has 0 radical (unpaired) electrons. The van der Waals surface area contributed by atoms with Gasteiger partial charge in [-0.3, -0.25) is 9.59 Å². The number of aliphatic hydroxyl groups excluding tert-OH is 1. The largest absolute Gasteiger partial charge is 0.503 e. The van der Waals surface area contributed by atoms with Crippen molar-refractivity contribution in [2.24, 2.45) is 0 Å². The smallest absolute Gasteiger partial charge is 0.290 e. The van der Waals surface area contributed by atoms with Gasteiger partial charge in [0.05, 0.1) is 0 Å². The van der Waals surface area contributed by atoms with Gasteiger partial charge in [0.2, 0.25) is 0 Å². The highest BCUT2D eigenvalue weighted by atomic mass is 35.5. The summed E-state index contributed by atoms with van der Waals surface area (Å²) in [5, 5.41) is 12.8. The summed E-state index contributed by atoms with van der Waals surface area (Å²) in [6.07, 6.45) is 0.883. The number of amides is 1. The van der Waals surface area contributed by atoms with Crippen LogP contribution in [0.25, 0.3) is 0 Å². The second kappa shape index (κ2) is 6.91. The normalized spacial score (nSPS) is 11.1. The predicted molar refractivity (Wildman–Crippen MR) is 86.3 cm³/mol. The van der Waals surface area contributed by atoms with Crippen molar-refractivity contribution in [1.82, 2.24) is 0 Å². The molecule has 22 heavy (non-hydrogen) atoms. The molecule has 0 unspecified atom stereocenters. The number of benzene rings is 2. The van der Waals surface area contributed by atoms with Crippen LogP contribution >= 0.6 is 11.6 Å². The van der Waals surface area contributed by atoms with E-state index >= 15 is 0 Å². The van der Waals surface area contributed by atoms with Gasteiger partial charge in [-0.05, 0) is 48.9 Å². The molecule has 0 aliphatic heterocycles. The number of rotatable bonds is 4. The van der Waals surface area contributed by atoms with Crippen LogP contribution in [-0.4, -0.2) is 16.8 Å². The van der Waals surface area contributed by atoms with Crippen molar-refractivity contribution in [3.63, 3.8) is 0 Å². The van der Waals surface area contributed by atoms with Gasteiger partial charge in [-0.25, -0.2) is 0 Å². The Morgan fingerprint density at radius 3 is 2.45 bits per heavy atom. The van der Waals surface area contributed by atoms with E-state index in [2.05, 4.69) is 5.32 Å². The number of carbonyl (C=O) groups is 2. The predicted octanol–water partition coefficient (Wildman–Crippen LogP) is 3.91. The Kier molecular flexibility index (Phi) is 4.96. The van der Waals surface area contributed by atoms with E-state index < -0.39 is 17.4 Å². The van der Waals surface area contributed by atoms with E-state index in [0.717, 1.165) is 11.6 Å². The fourth-order valence-electron chi connectivity index (χ4n) is 1.81. The summed E-state index contributed by atoms with van der Waals surface area (Å²) in [4.78, 5) is 23.8. The second-order valence-electron chi connectivity index (χ2n) is 4.72. The van der Waals surface area contributed by atoms with Crippen molar-refractivity contribution in [3.05, 3.63) is 76.5 Å². The molecule has 0 atom stereocenters. The number of hydrogen-bond donors (Lipinski definition) is 2. The SMILES string of the molecule is Cc1cccc(NC(=O)/C(O)=C/C(=O)c2ccc(Cl)cc2)c1. The third kappa shape index (κ3) is 4.20. The van der Waals surface area contributed by atoms with Crippen LogP contribution in [0.4, 0.5) is 5.69 Å². The molecule has 1 amide bonds. The fraction of sp³-hybridized carbons (Fsp3) is 0.0588. The van der Waals surface area contributed by atoms with Gasteiger partial charge in [0.1, 0.15) is 0 Å². The molecular formula is C17H14ClNO3. The molecule has 0 heterocycles. The van der Waals surface area contributed by atoms with Crippen molar-refractivity contribution in [1.29, 1.82) is 0 Å². The van der Waals surface area contributed by atoms with Crippen LogP contribution in [-0.2, 0) is 4.79 Å². The zero-order valence-electron chi connectivity index (χ0n) is 11.8. The average Bonchev–Trinajstić information content (AvgIpc) is 2.47. The van der Waals surface area contributed by atoms with Gasteiger partial charge in [0.15, 0.2) is 11.5 Å². The van der Waals surface area contributed by atoms with Gasteiger partial charge in [-0.2, -0.15) is 0 Å². The third-order valence-electron chi connectivity index (χ3n) is 2.91. The minimum Gasteiger partial charge on any atom is -0.503 e. The van der Waals surface area contributed by atoms with E-state index in [1.807, 2.05) is 13.0 Å². The van der Waals surface area contributed by atoms with Crippen molar-refractivity contribution in [2.45, 2.75) is 6.92 Å². The van der Waals surface area contributed by atoms with Crippen LogP contribution in [0.1, 0.15) is 15.9 Å². The number of aryl methyl sites for hydroxylation is 1. The quantitative estimate of drug-likeness (QED) is 0.510. The number of hydrogen-bond acceptors (Lipinski definition) is 3. The summed E-state index contributed by atoms with van der Waals surface area (Å²) < 4.78 is 0. The fourth-order valence-corrected chi connectivity index (χ4v) is 1.93. The molecule has 0 aliphatic rings. The zero-order valence-corrected chi connectivity index (χ0v) is 12.6. The van der Waals surface area contributed by atoms with Gasteiger partial charge in [-0.15, -0.1) is 0 Å². The average molecular weight is 316 g/mol.